The lowest BCUT2D eigenvalue weighted by molar-refractivity contribution is -0.147. The first-order valence-corrected chi connectivity index (χ1v) is 6.16. The molecule has 3 N–H and O–H groups in total. The Morgan fingerprint density at radius 1 is 1.26 bits per heavy atom. The number of nitrogens with one attached hydrogen (secondary N) is 2. The molecule has 0 aliphatic heterocycles. The summed E-state index contributed by atoms with van der Waals surface area (Å²) in [6.45, 7) is 5.71. The fourth-order valence-electron chi connectivity index (χ4n) is 1.35. The molecule has 0 saturated heterocycles. The van der Waals surface area contributed by atoms with Gasteiger partial charge in [-0.1, -0.05) is 13.8 Å². The number of aliphatic carboxylic acids is 1. The van der Waals surface area contributed by atoms with Gasteiger partial charge in [0.25, 0.3) is 0 Å². The highest BCUT2D eigenvalue weighted by Gasteiger charge is 2.27. The molecule has 19 heavy (non-hydrogen) atoms. The zero-order valence-corrected chi connectivity index (χ0v) is 11.8. The van der Waals surface area contributed by atoms with Gasteiger partial charge >= 0.3 is 18.0 Å². The Morgan fingerprint density at radius 2 is 1.79 bits per heavy atom. The second kappa shape index (κ2) is 7.60. The number of hydrogen-bond acceptors (Lipinski definition) is 4. The summed E-state index contributed by atoms with van der Waals surface area (Å²) in [5, 5.41) is 13.9. The van der Waals surface area contributed by atoms with Crippen LogP contribution in [0.1, 0.15) is 40.0 Å². The number of rotatable bonds is 7. The second-order valence-electron chi connectivity index (χ2n) is 4.54. The number of methoxy groups -OCH3 is 1. The number of carboxylic acids is 1. The average Bonchev–Trinajstić information content (AvgIpc) is 2.37. The van der Waals surface area contributed by atoms with Crippen molar-refractivity contribution in [2.24, 2.45) is 0 Å². The van der Waals surface area contributed by atoms with Gasteiger partial charge in [-0.2, -0.15) is 0 Å². The summed E-state index contributed by atoms with van der Waals surface area (Å²) >= 11 is 0. The molecule has 0 unspecified atom stereocenters. The number of hydrogen-bond donors (Lipinski definition) is 3. The zero-order chi connectivity index (χ0) is 15.1. The van der Waals surface area contributed by atoms with Crippen LogP contribution in [0.3, 0.4) is 0 Å². The molecule has 1 atom stereocenters. The van der Waals surface area contributed by atoms with Crippen molar-refractivity contribution in [3.05, 3.63) is 0 Å². The molecule has 0 bridgehead atoms. The molecule has 0 heterocycles. The van der Waals surface area contributed by atoms with E-state index in [2.05, 4.69) is 15.4 Å². The van der Waals surface area contributed by atoms with E-state index in [1.807, 2.05) is 20.8 Å². The molecule has 0 aromatic carbocycles. The highest BCUT2D eigenvalue weighted by Crippen LogP contribution is 2.13. The third-order valence-corrected chi connectivity index (χ3v) is 3.18. The van der Waals surface area contributed by atoms with E-state index in [-0.39, 0.29) is 0 Å². The molecule has 110 valence electrons. The average molecular weight is 274 g/mol. The minimum absolute atomic E-state index is 0.404. The Hall–Kier alpha value is -1.79. The van der Waals surface area contributed by atoms with E-state index in [1.165, 1.54) is 0 Å². The highest BCUT2D eigenvalue weighted by atomic mass is 16.5. The van der Waals surface area contributed by atoms with Crippen molar-refractivity contribution in [2.75, 3.05) is 7.11 Å². The number of carboxylic acid groups (broad SMARTS) is 1. The summed E-state index contributed by atoms with van der Waals surface area (Å²) in [7, 11) is 1.16. The molecular formula is C12H22N2O5. The van der Waals surface area contributed by atoms with Gasteiger partial charge in [0.1, 0.15) is 6.04 Å². The molecule has 0 aliphatic carbocycles. The number of carbonyl (C=O) groups is 3. The standard InChI is InChI=1S/C12H22N2O5/c1-5-12(3,6-2)14-11(18)13-8(10(16)17)7-9(15)19-4/h8H,5-7H2,1-4H3,(H,16,17)(H2,13,14,18)/t8-/m0/s1. The lowest BCUT2D eigenvalue weighted by Crippen LogP contribution is -2.54. The zero-order valence-electron chi connectivity index (χ0n) is 11.8. The number of carbonyl (C=O) groups excluding carboxylic acids is 2. The van der Waals surface area contributed by atoms with Crippen LogP contribution < -0.4 is 10.6 Å². The Morgan fingerprint density at radius 3 is 2.16 bits per heavy atom. The fourth-order valence-corrected chi connectivity index (χ4v) is 1.35. The maximum Gasteiger partial charge on any atom is 0.326 e. The van der Waals surface area contributed by atoms with Crippen LogP contribution >= 0.6 is 0 Å². The van der Waals surface area contributed by atoms with Crippen LogP contribution in [0.15, 0.2) is 0 Å². The van der Waals surface area contributed by atoms with Gasteiger partial charge in [-0.05, 0) is 19.8 Å². The Labute approximate surface area is 112 Å². The molecule has 7 heteroatoms. The minimum atomic E-state index is -1.30. The van der Waals surface area contributed by atoms with Gasteiger partial charge in [0.2, 0.25) is 0 Å². The predicted octanol–water partition coefficient (Wildman–Crippen LogP) is 0.881. The molecule has 0 fully saturated rings. The van der Waals surface area contributed by atoms with Crippen LogP contribution in [-0.4, -0.2) is 41.8 Å². The van der Waals surface area contributed by atoms with Gasteiger partial charge in [0.15, 0.2) is 0 Å². The van der Waals surface area contributed by atoms with E-state index in [4.69, 9.17) is 5.11 Å². The van der Waals surface area contributed by atoms with Gasteiger partial charge in [0, 0.05) is 5.54 Å². The van der Waals surface area contributed by atoms with Crippen LogP contribution in [0, 0.1) is 0 Å². The van der Waals surface area contributed by atoms with Crippen LogP contribution in [0.4, 0.5) is 4.79 Å². The first kappa shape index (κ1) is 17.2. The van der Waals surface area contributed by atoms with Gasteiger partial charge < -0.3 is 20.5 Å². The Balaban J connectivity index is 4.56. The SMILES string of the molecule is CCC(C)(CC)NC(=O)N[C@@H](CC(=O)OC)C(=O)O. The molecule has 0 saturated carbocycles. The Kier molecular flexibility index (Phi) is 6.89. The van der Waals surface area contributed by atoms with Crippen molar-refractivity contribution in [3.8, 4) is 0 Å². The van der Waals surface area contributed by atoms with E-state index in [0.29, 0.717) is 12.8 Å². The molecule has 0 aromatic rings. The number of esters is 1. The maximum absolute atomic E-state index is 11.7. The summed E-state index contributed by atoms with van der Waals surface area (Å²) in [5.41, 5.74) is -0.404. The van der Waals surface area contributed by atoms with E-state index >= 15 is 0 Å². The van der Waals surface area contributed by atoms with Crippen LogP contribution in [-0.2, 0) is 14.3 Å². The summed E-state index contributed by atoms with van der Waals surface area (Å²) in [6.07, 6.45) is 1.02. The highest BCUT2D eigenvalue weighted by molar-refractivity contribution is 5.86. The van der Waals surface area contributed by atoms with Crippen molar-refractivity contribution < 1.29 is 24.2 Å². The first-order chi connectivity index (χ1) is 8.77. The van der Waals surface area contributed by atoms with Gasteiger partial charge in [-0.3, -0.25) is 4.79 Å². The summed E-state index contributed by atoms with van der Waals surface area (Å²) < 4.78 is 4.38. The molecule has 0 aliphatic rings. The number of amides is 2. The normalized spacial score (nSPS) is 12.4. The maximum atomic E-state index is 11.7. The molecule has 0 radical (unpaired) electrons. The largest absolute Gasteiger partial charge is 0.480 e. The lowest BCUT2D eigenvalue weighted by atomic mass is 9.96. The van der Waals surface area contributed by atoms with E-state index in [0.717, 1.165) is 7.11 Å². The molecule has 0 spiro atoms. The lowest BCUT2D eigenvalue weighted by Gasteiger charge is -2.29. The first-order valence-electron chi connectivity index (χ1n) is 6.16. The van der Waals surface area contributed by atoms with Crippen LogP contribution in [0.2, 0.25) is 0 Å². The van der Waals surface area contributed by atoms with Crippen LogP contribution in [0.25, 0.3) is 0 Å². The number of urea groups is 1. The third kappa shape index (κ3) is 6.08. The van der Waals surface area contributed by atoms with Crippen LogP contribution in [0.5, 0.6) is 0 Å². The summed E-state index contributed by atoms with van der Waals surface area (Å²) in [5.74, 6) is -1.98. The van der Waals surface area contributed by atoms with E-state index < -0.39 is 36.0 Å². The summed E-state index contributed by atoms with van der Waals surface area (Å²) in [6, 6.07) is -1.91. The van der Waals surface area contributed by atoms with Gasteiger partial charge in [-0.15, -0.1) is 0 Å². The van der Waals surface area contributed by atoms with E-state index in [1.54, 1.807) is 0 Å². The molecule has 0 aromatic heterocycles. The van der Waals surface area contributed by atoms with Crippen molar-refractivity contribution in [1.29, 1.82) is 0 Å². The Bertz CT molecular complexity index is 339. The topological polar surface area (TPSA) is 105 Å². The molecular weight excluding hydrogens is 252 g/mol. The van der Waals surface area contributed by atoms with Crippen molar-refractivity contribution in [3.63, 3.8) is 0 Å². The number of ether oxygens (including phenoxy) is 1. The molecule has 7 nitrogen and oxygen atoms in total. The fraction of sp³-hybridized carbons (Fsp3) is 0.750. The van der Waals surface area contributed by atoms with Gasteiger partial charge in [-0.25, -0.2) is 9.59 Å². The quantitative estimate of drug-likeness (QED) is 0.598. The molecule has 2 amide bonds. The van der Waals surface area contributed by atoms with Gasteiger partial charge in [0.05, 0.1) is 13.5 Å². The monoisotopic (exact) mass is 274 g/mol. The minimum Gasteiger partial charge on any atom is -0.480 e. The van der Waals surface area contributed by atoms with E-state index in [9.17, 15) is 14.4 Å². The van der Waals surface area contributed by atoms with Crippen molar-refractivity contribution in [1.82, 2.24) is 10.6 Å². The smallest absolute Gasteiger partial charge is 0.326 e. The van der Waals surface area contributed by atoms with Crippen molar-refractivity contribution >= 4 is 18.0 Å². The summed E-state index contributed by atoms with van der Waals surface area (Å²) in [4.78, 5) is 33.7. The predicted molar refractivity (Wildman–Crippen MR) is 68.7 cm³/mol. The van der Waals surface area contributed by atoms with Crippen molar-refractivity contribution in [2.45, 2.75) is 51.6 Å². The third-order valence-electron chi connectivity index (χ3n) is 3.18. The molecule has 0 rings (SSSR count). The second-order valence-corrected chi connectivity index (χ2v) is 4.54.